The fourth-order valence-corrected chi connectivity index (χ4v) is 6.29. The summed E-state index contributed by atoms with van der Waals surface area (Å²) in [6.07, 6.45) is 3.12. The number of benzene rings is 1. The van der Waals surface area contributed by atoms with E-state index >= 15 is 0 Å². The van der Waals surface area contributed by atoms with Crippen molar-refractivity contribution in [3.05, 3.63) is 47.3 Å². The van der Waals surface area contributed by atoms with Crippen LogP contribution in [0, 0.1) is 0 Å². The van der Waals surface area contributed by atoms with Crippen LogP contribution in [0.25, 0.3) is 0 Å². The third-order valence-electron chi connectivity index (χ3n) is 5.96. The van der Waals surface area contributed by atoms with Crippen LogP contribution in [-0.4, -0.2) is 76.2 Å². The Balaban J connectivity index is 1.33. The summed E-state index contributed by atoms with van der Waals surface area (Å²) in [6.45, 7) is 3.15. The van der Waals surface area contributed by atoms with Gasteiger partial charge in [-0.15, -0.1) is 11.3 Å². The van der Waals surface area contributed by atoms with Gasteiger partial charge in [0.1, 0.15) is 10.3 Å². The van der Waals surface area contributed by atoms with Crippen LogP contribution in [0.2, 0.25) is 0 Å². The molecule has 36 heavy (non-hydrogen) atoms. The average molecular weight is 535 g/mol. The molecule has 1 aromatic heterocycles. The number of sulfonamides is 1. The van der Waals surface area contributed by atoms with Crippen LogP contribution in [0.4, 0.5) is 5.69 Å². The van der Waals surface area contributed by atoms with Crippen molar-refractivity contribution in [1.82, 2.24) is 20.7 Å². The lowest BCUT2D eigenvalue weighted by Gasteiger charge is -2.33. The number of carbonyl (C=O) groups is 2. The van der Waals surface area contributed by atoms with Crippen molar-refractivity contribution >= 4 is 44.9 Å². The summed E-state index contributed by atoms with van der Waals surface area (Å²) < 4.78 is 26.8. The number of nitrogens with one attached hydrogen (secondary N) is 4. The van der Waals surface area contributed by atoms with Gasteiger partial charge in [0, 0.05) is 44.0 Å². The number of guanidine groups is 1. The zero-order chi connectivity index (χ0) is 25.5. The lowest BCUT2D eigenvalue weighted by Crippen LogP contribution is -2.48. The number of anilines is 1. The lowest BCUT2D eigenvalue weighted by atomic mass is 10.0. The van der Waals surface area contributed by atoms with Gasteiger partial charge in [-0.2, -0.15) is 4.72 Å². The summed E-state index contributed by atoms with van der Waals surface area (Å²) in [5.74, 6) is -1.01. The first-order chi connectivity index (χ1) is 17.3. The molecule has 2 aliphatic heterocycles. The van der Waals surface area contributed by atoms with Crippen molar-refractivity contribution in [2.75, 3.05) is 37.6 Å². The topological polar surface area (TPSA) is 152 Å². The van der Waals surface area contributed by atoms with Gasteiger partial charge in [0.15, 0.2) is 5.96 Å². The first-order valence-electron chi connectivity index (χ1n) is 11.8. The molecule has 2 atom stereocenters. The summed E-state index contributed by atoms with van der Waals surface area (Å²) in [7, 11) is -3.99. The SMILES string of the molecule is O=C(NC[C@H](NS(=O)(=O)c1cccs1)C(=O)O)c1ccc(N2CCC[C@H](N=C3NCCCN3)C2)cc1. The number of carboxylic acid groups (broad SMARTS) is 1. The van der Waals surface area contributed by atoms with Crippen LogP contribution in [0.3, 0.4) is 0 Å². The quantitative estimate of drug-likeness (QED) is 0.317. The van der Waals surface area contributed by atoms with Gasteiger partial charge >= 0.3 is 5.97 Å². The minimum Gasteiger partial charge on any atom is -0.480 e. The molecule has 2 aliphatic rings. The van der Waals surface area contributed by atoms with Crippen molar-refractivity contribution in [1.29, 1.82) is 0 Å². The number of hydrogen-bond acceptors (Lipinski definition) is 7. The third-order valence-corrected chi connectivity index (χ3v) is 8.83. The van der Waals surface area contributed by atoms with E-state index < -0.39 is 34.5 Å². The van der Waals surface area contributed by atoms with Crippen LogP contribution in [0.1, 0.15) is 29.6 Å². The Kier molecular flexibility index (Phi) is 8.44. The Bertz CT molecular complexity index is 1180. The average Bonchev–Trinajstić information content (AvgIpc) is 3.43. The van der Waals surface area contributed by atoms with E-state index in [0.29, 0.717) is 5.56 Å². The van der Waals surface area contributed by atoms with E-state index in [1.807, 2.05) is 12.1 Å². The Labute approximate surface area is 214 Å². The number of thiophene rings is 1. The summed E-state index contributed by atoms with van der Waals surface area (Å²) in [6, 6.07) is 8.69. The molecule has 0 spiro atoms. The largest absolute Gasteiger partial charge is 0.480 e. The fraction of sp³-hybridized carbons (Fsp3) is 0.435. The Hall–Kier alpha value is -3.16. The zero-order valence-electron chi connectivity index (χ0n) is 19.6. The van der Waals surface area contributed by atoms with Crippen molar-refractivity contribution < 1.29 is 23.1 Å². The van der Waals surface area contributed by atoms with Gasteiger partial charge in [-0.1, -0.05) is 6.07 Å². The minimum absolute atomic E-state index is 0.00766. The van der Waals surface area contributed by atoms with E-state index in [4.69, 9.17) is 4.99 Å². The molecule has 13 heteroatoms. The second-order valence-electron chi connectivity index (χ2n) is 8.63. The smallest absolute Gasteiger partial charge is 0.323 e. The molecule has 0 radical (unpaired) electrons. The molecule has 1 aromatic carbocycles. The Morgan fingerprint density at radius 3 is 2.58 bits per heavy atom. The molecule has 5 N–H and O–H groups in total. The molecular formula is C23H30N6O5S2. The molecule has 0 aliphatic carbocycles. The molecule has 2 fully saturated rings. The maximum Gasteiger partial charge on any atom is 0.323 e. The minimum atomic E-state index is -3.99. The highest BCUT2D eigenvalue weighted by Crippen LogP contribution is 2.22. The number of aliphatic imine (C=N–C) groups is 1. The van der Waals surface area contributed by atoms with Gasteiger partial charge in [0.05, 0.1) is 6.04 Å². The number of nitrogens with zero attached hydrogens (tertiary/aromatic N) is 2. The second-order valence-corrected chi connectivity index (χ2v) is 11.5. The number of carboxylic acids is 1. The first kappa shape index (κ1) is 25.9. The van der Waals surface area contributed by atoms with Gasteiger partial charge in [-0.05, 0) is 55.0 Å². The Morgan fingerprint density at radius 1 is 1.17 bits per heavy atom. The van der Waals surface area contributed by atoms with Crippen LogP contribution >= 0.6 is 11.3 Å². The molecule has 0 bridgehead atoms. The van der Waals surface area contributed by atoms with E-state index in [1.54, 1.807) is 23.6 Å². The van der Waals surface area contributed by atoms with Gasteiger partial charge in [-0.25, -0.2) is 13.4 Å². The van der Waals surface area contributed by atoms with Gasteiger partial charge in [0.2, 0.25) is 0 Å². The van der Waals surface area contributed by atoms with Crippen LogP contribution in [0.5, 0.6) is 0 Å². The van der Waals surface area contributed by atoms with E-state index in [0.717, 1.165) is 68.4 Å². The monoisotopic (exact) mass is 534 g/mol. The summed E-state index contributed by atoms with van der Waals surface area (Å²) >= 11 is 0.978. The standard InChI is InChI=1S/C23H30N6O5S2/c30-21(26-14-19(22(31)32)28-36(33,34)20-5-2-13-35-20)16-6-8-18(9-7-16)29-12-1-4-17(15-29)27-23-24-10-3-11-25-23/h2,5-9,13,17,19,28H,1,3-4,10-12,14-15H2,(H,26,30)(H,31,32)(H2,24,25,27)/t17-,19-/m0/s1. The molecule has 2 aromatic rings. The Morgan fingerprint density at radius 2 is 1.92 bits per heavy atom. The summed E-state index contributed by atoms with van der Waals surface area (Å²) in [5.41, 5.74) is 1.33. The maximum atomic E-state index is 12.6. The van der Waals surface area contributed by atoms with E-state index in [2.05, 4.69) is 25.6 Å². The number of rotatable bonds is 9. The van der Waals surface area contributed by atoms with Gasteiger partial charge in [-0.3, -0.25) is 9.59 Å². The summed E-state index contributed by atoms with van der Waals surface area (Å²) in [5, 5.41) is 20.1. The van der Waals surface area contributed by atoms with Crippen molar-refractivity contribution in [2.24, 2.45) is 4.99 Å². The van der Waals surface area contributed by atoms with E-state index in [-0.39, 0.29) is 10.3 Å². The number of aliphatic carboxylic acids is 1. The zero-order valence-corrected chi connectivity index (χ0v) is 21.3. The van der Waals surface area contributed by atoms with Crippen molar-refractivity contribution in [3.8, 4) is 0 Å². The molecule has 1 amide bonds. The van der Waals surface area contributed by atoms with Crippen LogP contribution < -0.4 is 25.6 Å². The number of piperidine rings is 1. The summed E-state index contributed by atoms with van der Waals surface area (Å²) in [4.78, 5) is 31.2. The lowest BCUT2D eigenvalue weighted by molar-refractivity contribution is -0.138. The van der Waals surface area contributed by atoms with Crippen LogP contribution in [-0.2, 0) is 14.8 Å². The molecule has 194 valence electrons. The molecule has 0 unspecified atom stereocenters. The molecule has 4 rings (SSSR count). The second kappa shape index (κ2) is 11.7. The predicted molar refractivity (Wildman–Crippen MR) is 138 cm³/mol. The van der Waals surface area contributed by atoms with Crippen LogP contribution in [0.15, 0.2) is 51.0 Å². The first-order valence-corrected chi connectivity index (χ1v) is 14.2. The normalized spacial score (nSPS) is 19.1. The number of amides is 1. The van der Waals surface area contributed by atoms with Gasteiger partial charge in [0.25, 0.3) is 15.9 Å². The highest BCUT2D eigenvalue weighted by atomic mass is 32.2. The van der Waals surface area contributed by atoms with Crippen molar-refractivity contribution in [3.63, 3.8) is 0 Å². The van der Waals surface area contributed by atoms with E-state index in [9.17, 15) is 23.1 Å². The fourth-order valence-electron chi connectivity index (χ4n) is 4.09. The molecule has 0 saturated carbocycles. The molecule has 3 heterocycles. The van der Waals surface area contributed by atoms with Gasteiger partial charge < -0.3 is 26.0 Å². The molecular weight excluding hydrogens is 504 g/mol. The highest BCUT2D eigenvalue weighted by Gasteiger charge is 2.27. The maximum absolute atomic E-state index is 12.6. The number of hydrogen-bond donors (Lipinski definition) is 5. The highest BCUT2D eigenvalue weighted by molar-refractivity contribution is 7.91. The molecule has 2 saturated heterocycles. The third kappa shape index (κ3) is 6.74. The number of carbonyl (C=O) groups excluding carboxylic acids is 1. The van der Waals surface area contributed by atoms with Crippen molar-refractivity contribution in [2.45, 2.75) is 35.6 Å². The molecule has 11 nitrogen and oxygen atoms in total. The predicted octanol–water partition coefficient (Wildman–Crippen LogP) is 0.817. The van der Waals surface area contributed by atoms with E-state index in [1.165, 1.54) is 6.07 Å².